The van der Waals surface area contributed by atoms with E-state index in [1.807, 2.05) is 6.92 Å². The van der Waals surface area contributed by atoms with E-state index in [0.717, 1.165) is 55.7 Å². The second-order valence-corrected chi connectivity index (χ2v) is 8.70. The van der Waals surface area contributed by atoms with Gasteiger partial charge in [-0.2, -0.15) is 0 Å². The molecule has 4 nitrogen and oxygen atoms in total. The van der Waals surface area contributed by atoms with E-state index in [9.17, 15) is 4.79 Å². The van der Waals surface area contributed by atoms with Gasteiger partial charge in [0.25, 0.3) is 0 Å². The Bertz CT molecular complexity index is 422. The van der Waals surface area contributed by atoms with Crippen molar-refractivity contribution in [3.05, 3.63) is 11.4 Å². The summed E-state index contributed by atoms with van der Waals surface area (Å²) in [5.41, 5.74) is 8.58. The third-order valence-corrected chi connectivity index (χ3v) is 5.46. The Balaban J connectivity index is 1.63. The molecule has 2 aliphatic carbocycles. The molecule has 0 saturated heterocycles. The highest BCUT2D eigenvalue weighted by molar-refractivity contribution is 14.1. The van der Waals surface area contributed by atoms with E-state index in [1.54, 1.807) is 0 Å². The molecule has 0 radical (unpaired) electrons. The summed E-state index contributed by atoms with van der Waals surface area (Å²) in [4.78, 5) is 11.6. The Morgan fingerprint density at radius 1 is 1.32 bits per heavy atom. The minimum atomic E-state index is 0.153. The van der Waals surface area contributed by atoms with Gasteiger partial charge in [0.2, 0.25) is 5.91 Å². The van der Waals surface area contributed by atoms with Crippen LogP contribution in [0.3, 0.4) is 0 Å². The fourth-order valence-electron chi connectivity index (χ4n) is 3.68. The molecule has 2 aliphatic rings. The van der Waals surface area contributed by atoms with E-state index < -0.39 is 0 Å². The fraction of sp³-hybridized carbons (Fsp3) is 0.824. The number of allylic oxidation sites excluding steroid dienone is 2. The van der Waals surface area contributed by atoms with E-state index >= 15 is 0 Å². The summed E-state index contributed by atoms with van der Waals surface area (Å²) in [6.07, 6.45) is 7.25. The average Bonchev–Trinajstić information content (AvgIpc) is 3.04. The van der Waals surface area contributed by atoms with E-state index in [0.29, 0.717) is 6.42 Å². The van der Waals surface area contributed by atoms with Crippen molar-refractivity contribution in [1.29, 1.82) is 0 Å². The van der Waals surface area contributed by atoms with Gasteiger partial charge in [-0.05, 0) is 63.2 Å². The molecule has 4 N–H and O–H groups in total. The Morgan fingerprint density at radius 3 is 2.68 bits per heavy atom. The van der Waals surface area contributed by atoms with Crippen LogP contribution in [-0.2, 0) is 4.79 Å². The zero-order chi connectivity index (χ0) is 16.1. The van der Waals surface area contributed by atoms with Gasteiger partial charge in [-0.3, -0.25) is 4.79 Å². The van der Waals surface area contributed by atoms with Gasteiger partial charge in [0.1, 0.15) is 0 Å². The van der Waals surface area contributed by atoms with E-state index in [-0.39, 0.29) is 9.96 Å². The van der Waals surface area contributed by atoms with Crippen LogP contribution in [0.15, 0.2) is 11.4 Å². The monoisotopic (exact) mass is 419 g/mol. The van der Waals surface area contributed by atoms with Crippen molar-refractivity contribution in [2.75, 3.05) is 6.54 Å². The second-order valence-electron chi connectivity index (χ2n) is 6.84. The maximum absolute atomic E-state index is 11.6. The first-order valence-corrected chi connectivity index (χ1v) is 9.88. The van der Waals surface area contributed by atoms with Gasteiger partial charge >= 0.3 is 0 Å². The third kappa shape index (κ3) is 5.32. The van der Waals surface area contributed by atoms with Gasteiger partial charge in [0, 0.05) is 24.4 Å². The van der Waals surface area contributed by atoms with Gasteiger partial charge in [0.15, 0.2) is 0 Å². The van der Waals surface area contributed by atoms with Crippen molar-refractivity contribution < 1.29 is 4.79 Å². The van der Waals surface area contributed by atoms with Crippen molar-refractivity contribution in [3.8, 4) is 0 Å². The molecule has 4 unspecified atom stereocenters. The lowest BCUT2D eigenvalue weighted by Gasteiger charge is -2.17. The number of nitrogens with two attached hydrogens (primary N) is 1. The molecule has 0 heterocycles. The maximum atomic E-state index is 11.6. The number of amides is 1. The van der Waals surface area contributed by atoms with Crippen molar-refractivity contribution in [2.24, 2.45) is 23.5 Å². The number of carbonyl (C=O) groups excluding carboxylic acids is 1. The summed E-state index contributed by atoms with van der Waals surface area (Å²) in [5, 5.41) is 6.45. The largest absolute Gasteiger partial charge is 0.401 e. The summed E-state index contributed by atoms with van der Waals surface area (Å²) >= 11 is 2.21. The number of nitrogens with one attached hydrogen (secondary N) is 2. The molecule has 22 heavy (non-hydrogen) atoms. The first-order valence-electron chi connectivity index (χ1n) is 8.64. The number of halogens is 1. The zero-order valence-corrected chi connectivity index (χ0v) is 16.0. The SMILES string of the molecule is CC(I)NC(=O)CCCCNC1=C(N)CCC2C(C)C2CC1. The zero-order valence-electron chi connectivity index (χ0n) is 13.8. The van der Waals surface area contributed by atoms with Gasteiger partial charge in [0.05, 0.1) is 4.05 Å². The summed E-state index contributed by atoms with van der Waals surface area (Å²) < 4.78 is 0.205. The molecule has 0 aromatic heterocycles. The minimum absolute atomic E-state index is 0.153. The van der Waals surface area contributed by atoms with Gasteiger partial charge in [-0.25, -0.2) is 0 Å². The lowest BCUT2D eigenvalue weighted by molar-refractivity contribution is -0.121. The highest BCUT2D eigenvalue weighted by Crippen LogP contribution is 2.53. The van der Waals surface area contributed by atoms with Crippen molar-refractivity contribution in [2.45, 2.75) is 62.8 Å². The van der Waals surface area contributed by atoms with Crippen LogP contribution in [0.25, 0.3) is 0 Å². The molecule has 4 atom stereocenters. The van der Waals surface area contributed by atoms with Crippen molar-refractivity contribution >= 4 is 28.5 Å². The van der Waals surface area contributed by atoms with Gasteiger partial charge < -0.3 is 16.4 Å². The Labute approximate surface area is 148 Å². The number of carbonyl (C=O) groups is 1. The molecule has 0 aromatic carbocycles. The first kappa shape index (κ1) is 17.9. The summed E-state index contributed by atoms with van der Waals surface area (Å²) in [7, 11) is 0. The van der Waals surface area contributed by atoms with Crippen molar-refractivity contribution in [1.82, 2.24) is 10.6 Å². The number of hydrogen-bond donors (Lipinski definition) is 3. The molecule has 0 aliphatic heterocycles. The maximum Gasteiger partial charge on any atom is 0.220 e. The molecule has 0 bridgehead atoms. The molecular weight excluding hydrogens is 389 g/mol. The summed E-state index contributed by atoms with van der Waals surface area (Å²) in [6, 6.07) is 0. The number of fused-ring (bicyclic) bond motifs is 1. The average molecular weight is 419 g/mol. The third-order valence-electron chi connectivity index (χ3n) is 5.15. The highest BCUT2D eigenvalue weighted by Gasteiger charge is 2.45. The van der Waals surface area contributed by atoms with Crippen LogP contribution < -0.4 is 16.4 Å². The number of rotatable bonds is 7. The molecule has 1 amide bonds. The Morgan fingerprint density at radius 2 is 2.00 bits per heavy atom. The minimum Gasteiger partial charge on any atom is -0.401 e. The molecule has 5 heteroatoms. The van der Waals surface area contributed by atoms with E-state index in [2.05, 4.69) is 40.1 Å². The number of hydrogen-bond acceptors (Lipinski definition) is 3. The van der Waals surface area contributed by atoms with Crippen LogP contribution >= 0.6 is 22.6 Å². The van der Waals surface area contributed by atoms with E-state index in [4.69, 9.17) is 5.73 Å². The Kier molecular flexibility index (Phi) is 6.84. The molecule has 2 rings (SSSR count). The summed E-state index contributed by atoms with van der Waals surface area (Å²) in [6.45, 7) is 5.29. The number of alkyl halides is 1. The van der Waals surface area contributed by atoms with E-state index in [1.165, 1.54) is 18.5 Å². The van der Waals surface area contributed by atoms with Crippen LogP contribution in [0.1, 0.15) is 58.8 Å². The van der Waals surface area contributed by atoms with Crippen LogP contribution in [0, 0.1) is 17.8 Å². The number of unbranched alkanes of at least 4 members (excludes halogenated alkanes) is 1. The van der Waals surface area contributed by atoms with Crippen LogP contribution in [0.5, 0.6) is 0 Å². The topological polar surface area (TPSA) is 67.2 Å². The molecular formula is C17H30IN3O. The van der Waals surface area contributed by atoms with Gasteiger partial charge in [-0.1, -0.05) is 29.5 Å². The van der Waals surface area contributed by atoms with Gasteiger partial charge in [-0.15, -0.1) is 0 Å². The molecule has 1 saturated carbocycles. The Hall–Kier alpha value is -0.460. The fourth-order valence-corrected chi connectivity index (χ4v) is 4.03. The quantitative estimate of drug-likeness (QED) is 0.257. The predicted octanol–water partition coefficient (Wildman–Crippen LogP) is 3.27. The van der Waals surface area contributed by atoms with Crippen molar-refractivity contribution in [3.63, 3.8) is 0 Å². The highest BCUT2D eigenvalue weighted by atomic mass is 127. The standard InChI is InChI=1S/C17H30IN3O/c1-11-13-6-8-15(19)16(9-7-14(11)13)20-10-4-3-5-17(22)21-12(2)18/h11-14,20H,3-10,19H2,1-2H3,(H,21,22). The molecule has 0 aromatic rings. The first-order chi connectivity index (χ1) is 10.5. The summed E-state index contributed by atoms with van der Waals surface area (Å²) in [5.74, 6) is 2.93. The predicted molar refractivity (Wildman–Crippen MR) is 99.3 cm³/mol. The van der Waals surface area contributed by atoms with Crippen LogP contribution in [0.2, 0.25) is 0 Å². The molecule has 0 spiro atoms. The lowest BCUT2D eigenvalue weighted by atomic mass is 10.0. The van der Waals surface area contributed by atoms with Crippen LogP contribution in [0.4, 0.5) is 0 Å². The molecule has 126 valence electrons. The second kappa shape index (κ2) is 8.41. The smallest absolute Gasteiger partial charge is 0.220 e. The normalized spacial score (nSPS) is 29.1. The van der Waals surface area contributed by atoms with Crippen LogP contribution in [-0.4, -0.2) is 16.5 Å². The lowest BCUT2D eigenvalue weighted by Crippen LogP contribution is -2.28. The molecule has 1 fully saturated rings.